The van der Waals surface area contributed by atoms with Crippen LogP contribution < -0.4 is 5.32 Å². The van der Waals surface area contributed by atoms with Gasteiger partial charge in [-0.15, -0.1) is 11.8 Å². The number of thioether (sulfide) groups is 1. The predicted octanol–water partition coefficient (Wildman–Crippen LogP) is 4.64. The highest BCUT2D eigenvalue weighted by Gasteiger charge is 2.12. The van der Waals surface area contributed by atoms with Crippen molar-refractivity contribution in [2.24, 2.45) is 0 Å². The third kappa shape index (κ3) is 5.40. The molecule has 2 heterocycles. The molecule has 8 nitrogen and oxygen atoms in total. The molecule has 1 N–H and O–H groups in total. The molecule has 3 aromatic rings. The molecule has 2 aromatic heterocycles. The minimum Gasteiger partial charge on any atom is -0.445 e. The van der Waals surface area contributed by atoms with E-state index in [1.165, 1.54) is 35.2 Å². The zero-order chi connectivity index (χ0) is 20.1. The van der Waals surface area contributed by atoms with Gasteiger partial charge >= 0.3 is 0 Å². The SMILES string of the molecule is CC(C)c1cnc(CSc2cnc(NC(=O)Cc3ccc([N+](=O)[O-])cc3)s2)o1. The first-order chi connectivity index (χ1) is 13.4. The van der Waals surface area contributed by atoms with Crippen LogP contribution in [-0.2, 0) is 17.0 Å². The number of benzene rings is 1. The van der Waals surface area contributed by atoms with Gasteiger partial charge < -0.3 is 9.73 Å². The first-order valence-electron chi connectivity index (χ1n) is 8.47. The molecular formula is C18H18N4O4S2. The van der Waals surface area contributed by atoms with Crippen LogP contribution in [0.25, 0.3) is 0 Å². The molecule has 1 amide bonds. The van der Waals surface area contributed by atoms with E-state index >= 15 is 0 Å². The monoisotopic (exact) mass is 418 g/mol. The Morgan fingerprint density at radius 3 is 2.68 bits per heavy atom. The smallest absolute Gasteiger partial charge is 0.269 e. The van der Waals surface area contributed by atoms with E-state index in [0.717, 1.165) is 9.97 Å². The van der Waals surface area contributed by atoms with Crippen molar-refractivity contribution in [1.29, 1.82) is 0 Å². The summed E-state index contributed by atoms with van der Waals surface area (Å²) < 4.78 is 6.61. The number of hydrogen-bond donors (Lipinski definition) is 1. The highest BCUT2D eigenvalue weighted by atomic mass is 32.2. The molecule has 0 aliphatic rings. The Labute approximate surface area is 169 Å². The van der Waals surface area contributed by atoms with Crippen LogP contribution in [0.1, 0.15) is 37.0 Å². The number of carbonyl (C=O) groups is 1. The zero-order valence-corrected chi connectivity index (χ0v) is 16.9. The van der Waals surface area contributed by atoms with Gasteiger partial charge in [0, 0.05) is 18.1 Å². The van der Waals surface area contributed by atoms with Crippen molar-refractivity contribution in [3.8, 4) is 0 Å². The molecule has 0 aliphatic carbocycles. The number of non-ortho nitro benzene ring substituents is 1. The lowest BCUT2D eigenvalue weighted by Crippen LogP contribution is -2.14. The van der Waals surface area contributed by atoms with Gasteiger partial charge in [0.25, 0.3) is 5.69 Å². The van der Waals surface area contributed by atoms with Crippen LogP contribution in [0.3, 0.4) is 0 Å². The van der Waals surface area contributed by atoms with Crippen molar-refractivity contribution in [3.05, 3.63) is 64.0 Å². The highest BCUT2D eigenvalue weighted by Crippen LogP contribution is 2.31. The van der Waals surface area contributed by atoms with Gasteiger partial charge in [0.15, 0.2) is 5.13 Å². The standard InChI is InChI=1S/C18H18N4O4S2/c1-11(2)14-8-19-16(26-14)10-27-17-9-20-18(28-17)21-15(23)7-12-3-5-13(6-4-12)22(24)25/h3-6,8-9,11H,7,10H2,1-2H3,(H,20,21,23). The van der Waals surface area contributed by atoms with E-state index in [1.54, 1.807) is 24.5 Å². The first-order valence-corrected chi connectivity index (χ1v) is 10.3. The quantitative estimate of drug-likeness (QED) is 0.322. The van der Waals surface area contributed by atoms with Gasteiger partial charge in [-0.1, -0.05) is 37.3 Å². The molecule has 3 rings (SSSR count). The van der Waals surface area contributed by atoms with E-state index in [9.17, 15) is 14.9 Å². The molecule has 28 heavy (non-hydrogen) atoms. The Hall–Kier alpha value is -2.72. The van der Waals surface area contributed by atoms with Gasteiger partial charge in [0.1, 0.15) is 5.76 Å². The lowest BCUT2D eigenvalue weighted by molar-refractivity contribution is -0.384. The number of rotatable bonds is 8. The maximum atomic E-state index is 12.1. The van der Waals surface area contributed by atoms with E-state index in [0.29, 0.717) is 28.3 Å². The maximum Gasteiger partial charge on any atom is 0.269 e. The molecule has 0 fully saturated rings. The summed E-state index contributed by atoms with van der Waals surface area (Å²) in [4.78, 5) is 30.8. The van der Waals surface area contributed by atoms with E-state index in [1.807, 2.05) is 13.8 Å². The summed E-state index contributed by atoms with van der Waals surface area (Å²) in [5, 5.41) is 13.9. The van der Waals surface area contributed by atoms with Crippen molar-refractivity contribution < 1.29 is 14.1 Å². The summed E-state index contributed by atoms with van der Waals surface area (Å²) in [5.74, 6) is 2.18. The summed E-state index contributed by atoms with van der Waals surface area (Å²) in [6.07, 6.45) is 3.56. The Morgan fingerprint density at radius 2 is 2.04 bits per heavy atom. The van der Waals surface area contributed by atoms with Crippen LogP contribution in [-0.4, -0.2) is 20.8 Å². The fraction of sp³-hybridized carbons (Fsp3) is 0.278. The molecular weight excluding hydrogens is 400 g/mol. The minimum atomic E-state index is -0.472. The summed E-state index contributed by atoms with van der Waals surface area (Å²) in [5.41, 5.74) is 0.691. The van der Waals surface area contributed by atoms with E-state index in [2.05, 4.69) is 15.3 Å². The molecule has 0 aliphatic heterocycles. The van der Waals surface area contributed by atoms with Crippen molar-refractivity contribution >= 4 is 39.8 Å². The Balaban J connectivity index is 1.50. The highest BCUT2D eigenvalue weighted by molar-refractivity contribution is 8.00. The van der Waals surface area contributed by atoms with Gasteiger partial charge in [-0.05, 0) is 5.56 Å². The second-order valence-corrected chi connectivity index (χ2v) is 8.54. The summed E-state index contributed by atoms with van der Waals surface area (Å²) >= 11 is 2.91. The third-order valence-electron chi connectivity index (χ3n) is 3.72. The average molecular weight is 419 g/mol. The molecule has 10 heteroatoms. The fourth-order valence-electron chi connectivity index (χ4n) is 2.26. The second-order valence-electron chi connectivity index (χ2n) is 6.23. The topological polar surface area (TPSA) is 111 Å². The minimum absolute atomic E-state index is 0.00249. The fourth-order valence-corrected chi connectivity index (χ4v) is 4.00. The van der Waals surface area contributed by atoms with Crippen LogP contribution in [0.15, 0.2) is 45.3 Å². The molecule has 1 aromatic carbocycles. The number of carbonyl (C=O) groups excluding carboxylic acids is 1. The van der Waals surface area contributed by atoms with Crippen molar-refractivity contribution in [2.45, 2.75) is 36.1 Å². The van der Waals surface area contributed by atoms with E-state index < -0.39 is 4.92 Å². The number of nitro groups is 1. The second kappa shape index (κ2) is 8.98. The van der Waals surface area contributed by atoms with Crippen LogP contribution in [0.5, 0.6) is 0 Å². The van der Waals surface area contributed by atoms with Gasteiger partial charge in [-0.25, -0.2) is 9.97 Å². The Kier molecular flexibility index (Phi) is 6.42. The number of nitrogens with zero attached hydrogens (tertiary/aromatic N) is 3. The number of amides is 1. The molecule has 0 atom stereocenters. The number of thiazole rings is 1. The molecule has 0 unspecified atom stereocenters. The molecule has 0 bridgehead atoms. The molecule has 0 radical (unpaired) electrons. The molecule has 146 valence electrons. The number of nitrogens with one attached hydrogen (secondary N) is 1. The molecule has 0 spiro atoms. The molecule has 0 saturated carbocycles. The lowest BCUT2D eigenvalue weighted by atomic mass is 10.1. The summed E-state index contributed by atoms with van der Waals surface area (Å²) in [6, 6.07) is 5.91. The van der Waals surface area contributed by atoms with Gasteiger partial charge in [-0.3, -0.25) is 14.9 Å². The normalized spacial score (nSPS) is 11.0. The lowest BCUT2D eigenvalue weighted by Gasteiger charge is -2.02. The number of hydrogen-bond acceptors (Lipinski definition) is 8. The number of aromatic nitrogens is 2. The van der Waals surface area contributed by atoms with Gasteiger partial charge in [0.2, 0.25) is 11.8 Å². The van der Waals surface area contributed by atoms with Crippen LogP contribution in [0.2, 0.25) is 0 Å². The predicted molar refractivity (Wildman–Crippen MR) is 108 cm³/mol. The summed E-state index contributed by atoms with van der Waals surface area (Å²) in [7, 11) is 0. The van der Waals surface area contributed by atoms with E-state index in [-0.39, 0.29) is 18.0 Å². The maximum absolute atomic E-state index is 12.1. The molecule has 0 saturated heterocycles. The van der Waals surface area contributed by atoms with Crippen molar-refractivity contribution in [2.75, 3.05) is 5.32 Å². The van der Waals surface area contributed by atoms with Crippen LogP contribution in [0, 0.1) is 10.1 Å². The first kappa shape index (κ1) is 20.0. The van der Waals surface area contributed by atoms with Gasteiger partial charge in [0.05, 0.1) is 33.7 Å². The van der Waals surface area contributed by atoms with Crippen LogP contribution >= 0.6 is 23.1 Å². The number of oxazole rings is 1. The third-order valence-corrected chi connectivity index (χ3v) is 5.81. The Bertz CT molecular complexity index is 966. The van der Waals surface area contributed by atoms with Crippen LogP contribution in [0.4, 0.5) is 10.8 Å². The summed E-state index contributed by atoms with van der Waals surface area (Å²) in [6.45, 7) is 4.10. The van der Waals surface area contributed by atoms with Crippen molar-refractivity contribution in [3.63, 3.8) is 0 Å². The largest absolute Gasteiger partial charge is 0.445 e. The van der Waals surface area contributed by atoms with Gasteiger partial charge in [-0.2, -0.15) is 0 Å². The van der Waals surface area contributed by atoms with Crippen molar-refractivity contribution in [1.82, 2.24) is 9.97 Å². The number of nitro benzene ring substituents is 1. The number of anilines is 1. The van der Waals surface area contributed by atoms with E-state index in [4.69, 9.17) is 4.42 Å². The average Bonchev–Trinajstić information content (AvgIpc) is 3.29. The Morgan fingerprint density at radius 1 is 1.29 bits per heavy atom. The zero-order valence-electron chi connectivity index (χ0n) is 15.2.